The Bertz CT molecular complexity index is 896. The molecule has 1 aliphatic rings. The van der Waals surface area contributed by atoms with Crippen molar-refractivity contribution in [1.29, 1.82) is 0 Å². The van der Waals surface area contributed by atoms with Crippen molar-refractivity contribution in [3.8, 4) is 0 Å². The summed E-state index contributed by atoms with van der Waals surface area (Å²) in [4.78, 5) is 13.9. The summed E-state index contributed by atoms with van der Waals surface area (Å²) in [5.41, 5.74) is 1.23. The molecule has 7 nitrogen and oxygen atoms in total. The van der Waals surface area contributed by atoms with Gasteiger partial charge in [-0.15, -0.1) is 0 Å². The first-order chi connectivity index (χ1) is 13.5. The summed E-state index contributed by atoms with van der Waals surface area (Å²) >= 11 is 0. The molecule has 3 rings (SSSR count). The molecule has 28 heavy (non-hydrogen) atoms. The Morgan fingerprint density at radius 1 is 1.14 bits per heavy atom. The van der Waals surface area contributed by atoms with E-state index < -0.39 is 16.0 Å². The van der Waals surface area contributed by atoms with Gasteiger partial charge in [0.05, 0.1) is 30.8 Å². The highest BCUT2D eigenvalue weighted by atomic mass is 32.2. The van der Waals surface area contributed by atoms with Crippen molar-refractivity contribution < 1.29 is 22.7 Å². The summed E-state index contributed by atoms with van der Waals surface area (Å²) < 4.78 is 38.4. The first-order valence-corrected chi connectivity index (χ1v) is 10.5. The third-order valence-electron chi connectivity index (χ3n) is 4.70. The Balaban J connectivity index is 1.79. The van der Waals surface area contributed by atoms with E-state index >= 15 is 0 Å². The van der Waals surface area contributed by atoms with E-state index in [1.54, 1.807) is 0 Å². The van der Waals surface area contributed by atoms with Crippen LogP contribution in [0.25, 0.3) is 0 Å². The highest BCUT2D eigenvalue weighted by Crippen LogP contribution is 2.22. The summed E-state index contributed by atoms with van der Waals surface area (Å²) in [7, 11) is -2.52. The lowest BCUT2D eigenvalue weighted by molar-refractivity contribution is 0.0172. The summed E-state index contributed by atoms with van der Waals surface area (Å²) in [5, 5.41) is 0. The van der Waals surface area contributed by atoms with Gasteiger partial charge >= 0.3 is 5.97 Å². The van der Waals surface area contributed by atoms with Gasteiger partial charge in [-0.3, -0.25) is 4.90 Å². The molecule has 1 unspecified atom stereocenters. The van der Waals surface area contributed by atoms with Crippen molar-refractivity contribution in [3.05, 3.63) is 65.7 Å². The zero-order valence-electron chi connectivity index (χ0n) is 15.7. The van der Waals surface area contributed by atoms with Crippen molar-refractivity contribution in [2.75, 3.05) is 40.0 Å². The smallest absolute Gasteiger partial charge is 0.337 e. The fourth-order valence-electron chi connectivity index (χ4n) is 3.20. The summed E-state index contributed by atoms with van der Waals surface area (Å²) in [5.74, 6) is -0.576. The molecule has 1 aliphatic heterocycles. The molecule has 1 heterocycles. The lowest BCUT2D eigenvalue weighted by Gasteiger charge is -2.34. The molecule has 1 N–H and O–H groups in total. The maximum Gasteiger partial charge on any atom is 0.337 e. The molecule has 0 aliphatic carbocycles. The average Bonchev–Trinajstić information content (AvgIpc) is 2.75. The number of ether oxygens (including phenoxy) is 2. The average molecular weight is 404 g/mol. The predicted molar refractivity (Wildman–Crippen MR) is 105 cm³/mol. The number of morpholine rings is 1. The minimum Gasteiger partial charge on any atom is -0.465 e. The van der Waals surface area contributed by atoms with E-state index in [1.807, 2.05) is 30.3 Å². The third-order valence-corrected chi connectivity index (χ3v) is 6.12. The monoisotopic (exact) mass is 404 g/mol. The van der Waals surface area contributed by atoms with Crippen molar-refractivity contribution in [2.24, 2.45) is 0 Å². The number of nitrogens with one attached hydrogen (secondary N) is 1. The van der Waals surface area contributed by atoms with Gasteiger partial charge in [0.1, 0.15) is 0 Å². The molecule has 0 radical (unpaired) electrons. The molecular weight excluding hydrogens is 380 g/mol. The number of rotatable bonds is 7. The topological polar surface area (TPSA) is 84.9 Å². The number of methoxy groups -OCH3 is 1. The Kier molecular flexibility index (Phi) is 6.79. The van der Waals surface area contributed by atoms with Crippen LogP contribution in [-0.2, 0) is 19.5 Å². The maximum atomic E-state index is 12.8. The van der Waals surface area contributed by atoms with Crippen LogP contribution in [0, 0.1) is 0 Å². The molecular formula is C20H24N2O5S. The molecule has 0 amide bonds. The lowest BCUT2D eigenvalue weighted by atomic mass is 10.1. The van der Waals surface area contributed by atoms with Gasteiger partial charge in [-0.05, 0) is 23.8 Å². The standard InChI is InChI=1S/C20H24N2O5S/c1-26-20(23)17-8-5-9-18(14-17)28(24,25)21-15-19(16-6-3-2-4-7-16)22-10-12-27-13-11-22/h2-9,14,19,21H,10-13,15H2,1H3. The number of hydrogen-bond acceptors (Lipinski definition) is 6. The van der Waals surface area contributed by atoms with Crippen LogP contribution < -0.4 is 4.72 Å². The van der Waals surface area contributed by atoms with E-state index in [0.29, 0.717) is 13.2 Å². The van der Waals surface area contributed by atoms with Crippen LogP contribution in [0.5, 0.6) is 0 Å². The van der Waals surface area contributed by atoms with E-state index in [9.17, 15) is 13.2 Å². The van der Waals surface area contributed by atoms with Gasteiger partial charge in [0, 0.05) is 25.7 Å². The Morgan fingerprint density at radius 2 is 1.86 bits per heavy atom. The lowest BCUT2D eigenvalue weighted by Crippen LogP contribution is -2.43. The molecule has 1 fully saturated rings. The van der Waals surface area contributed by atoms with Gasteiger partial charge in [0.2, 0.25) is 10.0 Å². The molecule has 0 saturated carbocycles. The largest absolute Gasteiger partial charge is 0.465 e. The second-order valence-electron chi connectivity index (χ2n) is 6.45. The van der Waals surface area contributed by atoms with Gasteiger partial charge in [0.15, 0.2) is 0 Å². The second kappa shape index (κ2) is 9.29. The maximum absolute atomic E-state index is 12.8. The van der Waals surface area contributed by atoms with Crippen molar-refractivity contribution >= 4 is 16.0 Å². The van der Waals surface area contributed by atoms with Crippen LogP contribution >= 0.6 is 0 Å². The van der Waals surface area contributed by atoms with Crippen LogP contribution in [0.3, 0.4) is 0 Å². The Hall–Kier alpha value is -2.26. The van der Waals surface area contributed by atoms with Crippen molar-refractivity contribution in [3.63, 3.8) is 0 Å². The van der Waals surface area contributed by atoms with Gasteiger partial charge in [-0.2, -0.15) is 0 Å². The number of nitrogens with zero attached hydrogens (tertiary/aromatic N) is 1. The number of carbonyl (C=O) groups excluding carboxylic acids is 1. The summed E-state index contributed by atoms with van der Waals surface area (Å²) in [6.07, 6.45) is 0. The third kappa shape index (κ3) is 4.96. The SMILES string of the molecule is COC(=O)c1cccc(S(=O)(=O)NCC(c2ccccc2)N2CCOCC2)c1. The van der Waals surface area contributed by atoms with Crippen LogP contribution in [0.2, 0.25) is 0 Å². The van der Waals surface area contributed by atoms with Gasteiger partial charge in [-0.1, -0.05) is 36.4 Å². The molecule has 8 heteroatoms. The van der Waals surface area contributed by atoms with E-state index in [-0.39, 0.29) is 23.0 Å². The zero-order chi connectivity index (χ0) is 20.0. The number of benzene rings is 2. The molecule has 0 bridgehead atoms. The minimum atomic E-state index is -3.78. The van der Waals surface area contributed by atoms with Crippen LogP contribution in [0.1, 0.15) is 22.0 Å². The normalized spacial score (nSPS) is 16.5. The molecule has 1 saturated heterocycles. The number of carbonyl (C=O) groups is 1. The molecule has 0 aromatic heterocycles. The zero-order valence-corrected chi connectivity index (χ0v) is 16.5. The molecule has 0 spiro atoms. The van der Waals surface area contributed by atoms with E-state index in [2.05, 4.69) is 14.4 Å². The quantitative estimate of drug-likeness (QED) is 0.709. The van der Waals surface area contributed by atoms with Gasteiger partial charge in [-0.25, -0.2) is 17.9 Å². The Labute approximate surface area is 165 Å². The van der Waals surface area contributed by atoms with E-state index in [0.717, 1.165) is 18.7 Å². The van der Waals surface area contributed by atoms with Gasteiger partial charge in [0.25, 0.3) is 0 Å². The predicted octanol–water partition coefficient (Wildman–Crippen LogP) is 1.82. The Morgan fingerprint density at radius 3 is 2.54 bits per heavy atom. The van der Waals surface area contributed by atoms with Gasteiger partial charge < -0.3 is 9.47 Å². The number of esters is 1. The molecule has 2 aromatic carbocycles. The minimum absolute atomic E-state index is 0.0317. The van der Waals surface area contributed by atoms with Crippen molar-refractivity contribution in [1.82, 2.24) is 9.62 Å². The first-order valence-electron chi connectivity index (χ1n) is 9.06. The highest BCUT2D eigenvalue weighted by Gasteiger charge is 2.25. The van der Waals surface area contributed by atoms with Crippen molar-refractivity contribution in [2.45, 2.75) is 10.9 Å². The van der Waals surface area contributed by atoms with Crippen LogP contribution in [0.4, 0.5) is 0 Å². The highest BCUT2D eigenvalue weighted by molar-refractivity contribution is 7.89. The second-order valence-corrected chi connectivity index (χ2v) is 8.21. The van der Waals surface area contributed by atoms with Crippen LogP contribution in [-0.4, -0.2) is 59.2 Å². The van der Waals surface area contributed by atoms with E-state index in [1.165, 1.54) is 31.4 Å². The fourth-order valence-corrected chi connectivity index (χ4v) is 4.29. The number of hydrogen-bond donors (Lipinski definition) is 1. The van der Waals surface area contributed by atoms with Crippen LogP contribution in [0.15, 0.2) is 59.5 Å². The summed E-state index contributed by atoms with van der Waals surface area (Å²) in [6, 6.07) is 15.5. The molecule has 1 atom stereocenters. The fraction of sp³-hybridized carbons (Fsp3) is 0.350. The first kappa shape index (κ1) is 20.5. The number of sulfonamides is 1. The summed E-state index contributed by atoms with van der Waals surface area (Å²) in [6.45, 7) is 2.93. The van der Waals surface area contributed by atoms with E-state index in [4.69, 9.17) is 4.74 Å². The molecule has 2 aromatic rings. The molecule has 150 valence electrons.